The maximum Gasteiger partial charge on any atom is 0.416 e. The number of aromatic nitrogens is 1. The first-order valence-corrected chi connectivity index (χ1v) is 10.2. The molecule has 6 nitrogen and oxygen atoms in total. The Bertz CT molecular complexity index is 1250. The summed E-state index contributed by atoms with van der Waals surface area (Å²) in [5.74, 6) is -0.536. The Labute approximate surface area is 181 Å². The molecule has 9 heteroatoms. The number of hydrazone groups is 1. The van der Waals surface area contributed by atoms with Crippen molar-refractivity contribution in [1.82, 2.24) is 14.9 Å². The van der Waals surface area contributed by atoms with Gasteiger partial charge in [0.05, 0.1) is 17.8 Å². The van der Waals surface area contributed by atoms with Gasteiger partial charge in [0.25, 0.3) is 5.91 Å². The molecule has 2 amide bonds. The van der Waals surface area contributed by atoms with Crippen molar-refractivity contribution in [1.29, 1.82) is 0 Å². The number of benzene rings is 2. The van der Waals surface area contributed by atoms with Crippen LogP contribution in [0.3, 0.4) is 0 Å². The third kappa shape index (κ3) is 3.24. The van der Waals surface area contributed by atoms with Crippen LogP contribution in [0.1, 0.15) is 35.3 Å². The molecular formula is C23H19F3N4O2. The fourth-order valence-corrected chi connectivity index (χ4v) is 4.55. The smallest absolute Gasteiger partial charge is 0.356 e. The Morgan fingerprint density at radius 2 is 1.81 bits per heavy atom. The van der Waals surface area contributed by atoms with Gasteiger partial charge in [-0.1, -0.05) is 30.3 Å². The van der Waals surface area contributed by atoms with Gasteiger partial charge in [-0.2, -0.15) is 18.3 Å². The molecule has 2 aliphatic heterocycles. The van der Waals surface area contributed by atoms with E-state index in [0.29, 0.717) is 12.0 Å². The van der Waals surface area contributed by atoms with E-state index in [1.54, 1.807) is 4.90 Å². The average Bonchev–Trinajstić information content (AvgIpc) is 3.14. The second-order valence-corrected chi connectivity index (χ2v) is 8.02. The summed E-state index contributed by atoms with van der Waals surface area (Å²) in [6.07, 6.45) is -2.75. The van der Waals surface area contributed by atoms with Gasteiger partial charge in [-0.05, 0) is 36.2 Å². The Kier molecular flexibility index (Phi) is 4.58. The molecule has 5 rings (SSSR count). The highest BCUT2D eigenvalue weighted by Gasteiger charge is 2.46. The summed E-state index contributed by atoms with van der Waals surface area (Å²) < 4.78 is 38.2. The number of aromatic amines is 1. The van der Waals surface area contributed by atoms with Gasteiger partial charge in [-0.3, -0.25) is 9.59 Å². The lowest BCUT2D eigenvalue weighted by atomic mass is 9.90. The summed E-state index contributed by atoms with van der Waals surface area (Å²) >= 11 is 0. The highest BCUT2D eigenvalue weighted by Crippen LogP contribution is 2.39. The highest BCUT2D eigenvalue weighted by atomic mass is 19.4. The van der Waals surface area contributed by atoms with Crippen LogP contribution in [0.2, 0.25) is 0 Å². The van der Waals surface area contributed by atoms with E-state index in [-0.39, 0.29) is 24.4 Å². The molecule has 0 aliphatic carbocycles. The van der Waals surface area contributed by atoms with E-state index in [1.807, 2.05) is 31.2 Å². The fourth-order valence-electron chi connectivity index (χ4n) is 4.55. The van der Waals surface area contributed by atoms with Gasteiger partial charge in [0.15, 0.2) is 0 Å². The number of H-pyrrole nitrogens is 1. The van der Waals surface area contributed by atoms with Crippen LogP contribution in [0.5, 0.6) is 0 Å². The molecule has 2 aliphatic rings. The largest absolute Gasteiger partial charge is 0.416 e. The van der Waals surface area contributed by atoms with Gasteiger partial charge in [0.2, 0.25) is 5.91 Å². The molecule has 164 valence electrons. The number of carbonyl (C=O) groups excluding carboxylic acids is 2. The number of alkyl halides is 3. The Balaban J connectivity index is 1.41. The van der Waals surface area contributed by atoms with E-state index in [0.717, 1.165) is 39.3 Å². The monoisotopic (exact) mass is 440 g/mol. The fraction of sp³-hybridized carbons (Fsp3) is 0.261. The molecule has 2 unspecified atom stereocenters. The number of nitrogens with zero attached hydrogens (tertiary/aromatic N) is 3. The van der Waals surface area contributed by atoms with Crippen molar-refractivity contribution in [3.05, 3.63) is 70.9 Å². The zero-order valence-corrected chi connectivity index (χ0v) is 17.1. The number of halogens is 3. The molecule has 0 radical (unpaired) electrons. The normalized spacial score (nSPS) is 21.4. The van der Waals surface area contributed by atoms with E-state index < -0.39 is 17.8 Å². The number of para-hydroxylation sites is 1. The summed E-state index contributed by atoms with van der Waals surface area (Å²) in [6.45, 7) is 1.68. The molecule has 32 heavy (non-hydrogen) atoms. The van der Waals surface area contributed by atoms with Crippen molar-refractivity contribution in [3.8, 4) is 0 Å². The third-order valence-electron chi connectivity index (χ3n) is 6.11. The Morgan fingerprint density at radius 1 is 1.09 bits per heavy atom. The Hall–Kier alpha value is -3.62. The lowest BCUT2D eigenvalue weighted by molar-refractivity contribution is -0.159. The molecule has 1 fully saturated rings. The van der Waals surface area contributed by atoms with Crippen molar-refractivity contribution in [3.63, 3.8) is 0 Å². The quantitative estimate of drug-likeness (QED) is 0.615. The number of hydrogen-bond acceptors (Lipinski definition) is 3. The summed E-state index contributed by atoms with van der Waals surface area (Å²) in [7, 11) is 0. The van der Waals surface area contributed by atoms with Gasteiger partial charge in [-0.15, -0.1) is 0 Å². The SMILES string of the molecule is CC1c2[nH]c3ccccc3c2CC2C(=O)N(/N=C/c3ccc(C(F)(F)F)cc3)CC(=O)N21. The predicted octanol–water partition coefficient (Wildman–Crippen LogP) is 3.88. The number of hydrogen-bond donors (Lipinski definition) is 1. The maximum absolute atomic E-state index is 13.2. The molecular weight excluding hydrogens is 421 g/mol. The van der Waals surface area contributed by atoms with Crippen LogP contribution in [0.4, 0.5) is 13.2 Å². The number of rotatable bonds is 2. The number of nitrogens with one attached hydrogen (secondary N) is 1. The number of amides is 2. The lowest BCUT2D eigenvalue weighted by Crippen LogP contribution is -2.61. The van der Waals surface area contributed by atoms with E-state index in [1.165, 1.54) is 18.3 Å². The summed E-state index contributed by atoms with van der Waals surface area (Å²) in [5, 5.41) is 6.25. The minimum atomic E-state index is -4.42. The molecule has 1 saturated heterocycles. The van der Waals surface area contributed by atoms with Crippen LogP contribution >= 0.6 is 0 Å². The summed E-state index contributed by atoms with van der Waals surface area (Å²) in [4.78, 5) is 31.1. The van der Waals surface area contributed by atoms with E-state index in [4.69, 9.17) is 0 Å². The van der Waals surface area contributed by atoms with Crippen LogP contribution in [-0.4, -0.2) is 45.5 Å². The average molecular weight is 440 g/mol. The first kappa shape index (κ1) is 20.3. The van der Waals surface area contributed by atoms with Gasteiger partial charge >= 0.3 is 6.18 Å². The molecule has 3 aromatic rings. The van der Waals surface area contributed by atoms with Gasteiger partial charge in [0.1, 0.15) is 12.6 Å². The zero-order valence-electron chi connectivity index (χ0n) is 17.1. The molecule has 2 atom stereocenters. The standard InChI is InChI=1S/C23H19F3N4O2/c1-13-21-17(16-4-2-3-5-18(16)28-21)10-19-22(32)29(12-20(31)30(13)19)27-11-14-6-8-15(9-7-14)23(24,25)26/h2-9,11,13,19,28H,10,12H2,1H3/b27-11+. The number of carbonyl (C=O) groups is 2. The van der Waals surface area contributed by atoms with E-state index in [9.17, 15) is 22.8 Å². The van der Waals surface area contributed by atoms with Crippen molar-refractivity contribution < 1.29 is 22.8 Å². The van der Waals surface area contributed by atoms with Crippen LogP contribution in [0.15, 0.2) is 53.6 Å². The highest BCUT2D eigenvalue weighted by molar-refractivity contribution is 5.97. The number of fused-ring (bicyclic) bond motifs is 4. The second kappa shape index (κ2) is 7.22. The topological polar surface area (TPSA) is 68.8 Å². The molecule has 0 bridgehead atoms. The molecule has 0 spiro atoms. The van der Waals surface area contributed by atoms with E-state index >= 15 is 0 Å². The second-order valence-electron chi connectivity index (χ2n) is 8.02. The third-order valence-corrected chi connectivity index (χ3v) is 6.11. The van der Waals surface area contributed by atoms with Gasteiger partial charge in [0, 0.05) is 23.0 Å². The zero-order chi connectivity index (χ0) is 22.6. The minimum absolute atomic E-state index is 0.216. The van der Waals surface area contributed by atoms with Crippen LogP contribution in [0.25, 0.3) is 10.9 Å². The molecule has 1 aromatic heterocycles. The van der Waals surface area contributed by atoms with E-state index in [2.05, 4.69) is 10.1 Å². The first-order valence-electron chi connectivity index (χ1n) is 10.2. The van der Waals surface area contributed by atoms with Crippen molar-refractivity contribution in [2.75, 3.05) is 6.54 Å². The van der Waals surface area contributed by atoms with Gasteiger partial charge in [-0.25, -0.2) is 5.01 Å². The molecule has 2 aromatic carbocycles. The summed E-state index contributed by atoms with van der Waals surface area (Å²) in [5.41, 5.74) is 2.55. The molecule has 1 N–H and O–H groups in total. The van der Waals surface area contributed by atoms with Crippen LogP contribution in [0, 0.1) is 0 Å². The number of piperazine rings is 1. The molecule has 0 saturated carbocycles. The van der Waals surface area contributed by atoms with Crippen molar-refractivity contribution in [2.45, 2.75) is 31.6 Å². The summed E-state index contributed by atoms with van der Waals surface area (Å²) in [6, 6.07) is 11.3. The Morgan fingerprint density at radius 3 is 2.53 bits per heavy atom. The van der Waals surface area contributed by atoms with Crippen molar-refractivity contribution >= 4 is 28.9 Å². The lowest BCUT2D eigenvalue weighted by Gasteiger charge is -2.44. The van der Waals surface area contributed by atoms with Crippen molar-refractivity contribution in [2.24, 2.45) is 5.10 Å². The van der Waals surface area contributed by atoms with Crippen LogP contribution < -0.4 is 0 Å². The molecule has 3 heterocycles. The predicted molar refractivity (Wildman–Crippen MR) is 112 cm³/mol. The minimum Gasteiger partial charge on any atom is -0.356 e. The van der Waals surface area contributed by atoms with Crippen LogP contribution in [-0.2, 0) is 22.2 Å². The van der Waals surface area contributed by atoms with Gasteiger partial charge < -0.3 is 9.88 Å². The maximum atomic E-state index is 13.2. The first-order chi connectivity index (χ1) is 15.2.